The van der Waals surface area contributed by atoms with E-state index in [1.807, 2.05) is 0 Å². The zero-order valence-electron chi connectivity index (χ0n) is 13.2. The second-order valence-electron chi connectivity index (χ2n) is 6.15. The van der Waals surface area contributed by atoms with Gasteiger partial charge in [-0.1, -0.05) is 25.3 Å². The molecule has 1 saturated carbocycles. The number of anilines is 1. The molecule has 0 aromatic heterocycles. The van der Waals surface area contributed by atoms with Gasteiger partial charge in [-0.05, 0) is 43.0 Å². The summed E-state index contributed by atoms with van der Waals surface area (Å²) in [6.07, 6.45) is 6.03. The topological polar surface area (TPSA) is 84.2 Å². The second-order valence-corrected chi connectivity index (χ2v) is 6.15. The Hall–Kier alpha value is -1.88. The molecular formula is C17H25N3O2. The highest BCUT2D eigenvalue weighted by molar-refractivity contribution is 5.97. The molecule has 5 heteroatoms. The monoisotopic (exact) mass is 303 g/mol. The zero-order chi connectivity index (χ0) is 16.0. The number of carbonyl (C=O) groups excluding carboxylic acids is 2. The van der Waals surface area contributed by atoms with Crippen molar-refractivity contribution < 1.29 is 9.59 Å². The van der Waals surface area contributed by atoms with E-state index in [0.29, 0.717) is 24.2 Å². The van der Waals surface area contributed by atoms with Crippen molar-refractivity contribution >= 4 is 17.5 Å². The fourth-order valence-corrected chi connectivity index (χ4v) is 3.18. The fourth-order valence-electron chi connectivity index (χ4n) is 3.18. The van der Waals surface area contributed by atoms with E-state index in [0.717, 1.165) is 25.7 Å². The molecule has 0 radical (unpaired) electrons. The van der Waals surface area contributed by atoms with Gasteiger partial charge in [0.15, 0.2) is 0 Å². The molecule has 0 atom stereocenters. The molecule has 2 amide bonds. The Labute approximate surface area is 131 Å². The molecule has 22 heavy (non-hydrogen) atoms. The Balaban J connectivity index is 2.01. The summed E-state index contributed by atoms with van der Waals surface area (Å²) in [4.78, 5) is 24.0. The highest BCUT2D eigenvalue weighted by atomic mass is 16.2. The summed E-state index contributed by atoms with van der Waals surface area (Å²) >= 11 is 0. The van der Waals surface area contributed by atoms with Crippen LogP contribution in [0.1, 0.15) is 48.9 Å². The second kappa shape index (κ2) is 7.40. The molecule has 1 fully saturated rings. The quantitative estimate of drug-likeness (QED) is 0.780. The molecule has 2 rings (SSSR count). The van der Waals surface area contributed by atoms with Crippen molar-refractivity contribution in [3.05, 3.63) is 29.8 Å². The molecule has 1 aromatic rings. The van der Waals surface area contributed by atoms with Crippen LogP contribution in [-0.2, 0) is 4.79 Å². The third-order valence-corrected chi connectivity index (χ3v) is 4.52. The van der Waals surface area contributed by atoms with Crippen molar-refractivity contribution in [3.8, 4) is 0 Å². The van der Waals surface area contributed by atoms with E-state index < -0.39 is 0 Å². The molecule has 5 nitrogen and oxygen atoms in total. The first-order valence-corrected chi connectivity index (χ1v) is 7.91. The normalized spacial score (nSPS) is 16.8. The van der Waals surface area contributed by atoms with Gasteiger partial charge in [0.25, 0.3) is 5.91 Å². The van der Waals surface area contributed by atoms with Crippen molar-refractivity contribution in [1.82, 2.24) is 5.32 Å². The van der Waals surface area contributed by atoms with Crippen LogP contribution >= 0.6 is 0 Å². The van der Waals surface area contributed by atoms with Crippen molar-refractivity contribution in [2.75, 3.05) is 18.9 Å². The predicted octanol–water partition coefficient (Wildman–Crippen LogP) is 2.28. The number of hydrogen-bond acceptors (Lipinski definition) is 3. The van der Waals surface area contributed by atoms with Crippen molar-refractivity contribution in [3.63, 3.8) is 0 Å². The Morgan fingerprint density at radius 3 is 2.59 bits per heavy atom. The van der Waals surface area contributed by atoms with E-state index in [-0.39, 0.29) is 17.2 Å². The van der Waals surface area contributed by atoms with E-state index in [2.05, 4.69) is 10.6 Å². The minimum Gasteiger partial charge on any atom is -0.355 e. The van der Waals surface area contributed by atoms with E-state index in [1.54, 1.807) is 31.3 Å². The maximum absolute atomic E-state index is 12.3. The molecule has 4 N–H and O–H groups in total. The Morgan fingerprint density at radius 1 is 1.23 bits per heavy atom. The molecule has 0 saturated heterocycles. The first-order chi connectivity index (χ1) is 10.6. The van der Waals surface area contributed by atoms with Gasteiger partial charge in [0.05, 0.1) is 0 Å². The van der Waals surface area contributed by atoms with Gasteiger partial charge >= 0.3 is 0 Å². The van der Waals surface area contributed by atoms with Crippen LogP contribution in [0.15, 0.2) is 24.3 Å². The Kier molecular flexibility index (Phi) is 5.55. The molecule has 1 aromatic carbocycles. The lowest BCUT2D eigenvalue weighted by Gasteiger charge is -2.35. The lowest BCUT2D eigenvalue weighted by molar-refractivity contribution is -0.118. The molecule has 120 valence electrons. The standard InChI is InChI=1S/C17H25N3O2/c1-19-16(22)13-6-5-7-14(10-13)20-15(21)11-17(12-18)8-3-2-4-9-17/h5-7,10H,2-4,8-9,11-12,18H2,1H3,(H,19,22)(H,20,21). The SMILES string of the molecule is CNC(=O)c1cccc(NC(=O)CC2(CN)CCCCC2)c1. The average Bonchev–Trinajstić information content (AvgIpc) is 2.55. The number of hydrogen-bond donors (Lipinski definition) is 3. The van der Waals surface area contributed by atoms with Crippen LogP contribution in [0.2, 0.25) is 0 Å². The largest absolute Gasteiger partial charge is 0.355 e. The molecule has 0 aliphatic heterocycles. The number of carbonyl (C=O) groups is 2. The summed E-state index contributed by atoms with van der Waals surface area (Å²) in [6.45, 7) is 0.554. The lowest BCUT2D eigenvalue weighted by Crippen LogP contribution is -2.36. The lowest BCUT2D eigenvalue weighted by atomic mass is 9.71. The van der Waals surface area contributed by atoms with Crippen LogP contribution in [0.4, 0.5) is 5.69 Å². The third kappa shape index (κ3) is 4.07. The first-order valence-electron chi connectivity index (χ1n) is 7.91. The van der Waals surface area contributed by atoms with Gasteiger partial charge in [-0.15, -0.1) is 0 Å². The summed E-state index contributed by atoms with van der Waals surface area (Å²) in [7, 11) is 1.58. The van der Waals surface area contributed by atoms with Crippen molar-refractivity contribution in [1.29, 1.82) is 0 Å². The maximum atomic E-state index is 12.3. The van der Waals surface area contributed by atoms with Crippen LogP contribution < -0.4 is 16.4 Å². The molecule has 0 spiro atoms. The van der Waals surface area contributed by atoms with Gasteiger partial charge < -0.3 is 16.4 Å². The summed E-state index contributed by atoms with van der Waals surface area (Å²) in [5, 5.41) is 5.47. The molecular weight excluding hydrogens is 278 g/mol. The van der Waals surface area contributed by atoms with Crippen LogP contribution in [0.3, 0.4) is 0 Å². The summed E-state index contributed by atoms with van der Waals surface area (Å²) in [5.74, 6) is -0.191. The maximum Gasteiger partial charge on any atom is 0.251 e. The van der Waals surface area contributed by atoms with Crippen molar-refractivity contribution in [2.45, 2.75) is 38.5 Å². The van der Waals surface area contributed by atoms with Gasteiger partial charge in [-0.2, -0.15) is 0 Å². The van der Waals surface area contributed by atoms with E-state index >= 15 is 0 Å². The summed E-state index contributed by atoms with van der Waals surface area (Å²) in [5.41, 5.74) is 7.06. The highest BCUT2D eigenvalue weighted by Crippen LogP contribution is 2.38. The van der Waals surface area contributed by atoms with Crippen molar-refractivity contribution in [2.24, 2.45) is 11.1 Å². The van der Waals surface area contributed by atoms with Gasteiger partial charge in [0.2, 0.25) is 5.91 Å². The number of rotatable bonds is 5. The number of nitrogens with one attached hydrogen (secondary N) is 2. The van der Waals surface area contributed by atoms with Gasteiger partial charge in [-0.25, -0.2) is 0 Å². The van der Waals surface area contributed by atoms with E-state index in [9.17, 15) is 9.59 Å². The van der Waals surface area contributed by atoms with Gasteiger partial charge in [0.1, 0.15) is 0 Å². The van der Waals surface area contributed by atoms with E-state index in [1.165, 1.54) is 6.42 Å². The summed E-state index contributed by atoms with van der Waals surface area (Å²) in [6, 6.07) is 6.96. The van der Waals surface area contributed by atoms with Gasteiger partial charge in [0, 0.05) is 24.7 Å². The minimum absolute atomic E-state index is 0.0265. The molecule has 0 heterocycles. The van der Waals surface area contributed by atoms with Gasteiger partial charge in [-0.3, -0.25) is 9.59 Å². The van der Waals surface area contributed by atoms with Crippen LogP contribution in [-0.4, -0.2) is 25.4 Å². The fraction of sp³-hybridized carbons (Fsp3) is 0.529. The van der Waals surface area contributed by atoms with Crippen LogP contribution in [0, 0.1) is 5.41 Å². The van der Waals surface area contributed by atoms with Crippen LogP contribution in [0.25, 0.3) is 0 Å². The zero-order valence-corrected chi connectivity index (χ0v) is 13.2. The smallest absolute Gasteiger partial charge is 0.251 e. The third-order valence-electron chi connectivity index (χ3n) is 4.52. The predicted molar refractivity (Wildman–Crippen MR) is 87.7 cm³/mol. The molecule has 0 unspecified atom stereocenters. The highest BCUT2D eigenvalue weighted by Gasteiger charge is 2.32. The number of benzene rings is 1. The number of amides is 2. The minimum atomic E-state index is -0.165. The Morgan fingerprint density at radius 2 is 1.95 bits per heavy atom. The first kappa shape index (κ1) is 16.5. The molecule has 1 aliphatic carbocycles. The van der Waals surface area contributed by atoms with E-state index in [4.69, 9.17) is 5.73 Å². The Bertz CT molecular complexity index is 536. The average molecular weight is 303 g/mol. The molecule has 1 aliphatic rings. The van der Waals surface area contributed by atoms with Crippen LogP contribution in [0.5, 0.6) is 0 Å². The molecule has 0 bridgehead atoms. The summed E-state index contributed by atoms with van der Waals surface area (Å²) < 4.78 is 0. The number of nitrogens with two attached hydrogens (primary N) is 1.